The highest BCUT2D eigenvalue weighted by Crippen LogP contribution is 2.19. The molecule has 0 unspecified atom stereocenters. The lowest BCUT2D eigenvalue weighted by atomic mass is 10.0. The quantitative estimate of drug-likeness (QED) is 0.827. The fraction of sp³-hybridized carbons (Fsp3) is 0.176. The number of carbonyl (C=O) groups is 2. The lowest BCUT2D eigenvalue weighted by Gasteiger charge is -2.05. The second kappa shape index (κ2) is 7.24. The number of esters is 1. The highest BCUT2D eigenvalue weighted by atomic mass is 16.5. The van der Waals surface area contributed by atoms with Crippen LogP contribution in [0.5, 0.6) is 0 Å². The summed E-state index contributed by atoms with van der Waals surface area (Å²) < 4.78 is 4.70. The van der Waals surface area contributed by atoms with E-state index < -0.39 is 11.9 Å². The predicted octanol–water partition coefficient (Wildman–Crippen LogP) is 2.31. The molecule has 0 fully saturated rings. The van der Waals surface area contributed by atoms with Gasteiger partial charge in [-0.2, -0.15) is 0 Å². The summed E-state index contributed by atoms with van der Waals surface area (Å²) in [4.78, 5) is 21.9. The van der Waals surface area contributed by atoms with Crippen molar-refractivity contribution in [1.29, 1.82) is 0 Å². The summed E-state index contributed by atoms with van der Waals surface area (Å²) in [6.07, 6.45) is 0.810. The van der Waals surface area contributed by atoms with Crippen molar-refractivity contribution in [1.82, 2.24) is 0 Å². The van der Waals surface area contributed by atoms with E-state index in [2.05, 4.69) is 12.1 Å². The molecule has 4 nitrogen and oxygen atoms in total. The van der Waals surface area contributed by atoms with Crippen LogP contribution in [0.4, 0.5) is 0 Å². The molecular formula is C17H17NO3. The number of hydrogen-bond donors (Lipinski definition) is 1. The normalized spacial score (nSPS) is 10.1. The van der Waals surface area contributed by atoms with Gasteiger partial charge in [0.2, 0.25) is 0 Å². The Balaban J connectivity index is 1.88. The summed E-state index contributed by atoms with van der Waals surface area (Å²) in [6.45, 7) is -0.355. The van der Waals surface area contributed by atoms with Gasteiger partial charge in [-0.1, -0.05) is 54.6 Å². The number of amides is 1. The van der Waals surface area contributed by atoms with E-state index in [4.69, 9.17) is 10.5 Å². The Hall–Kier alpha value is -2.62. The molecule has 0 atom stereocenters. The van der Waals surface area contributed by atoms with Gasteiger partial charge in [0.05, 0.1) is 0 Å². The second-order valence-corrected chi connectivity index (χ2v) is 4.69. The molecule has 1 amide bonds. The van der Waals surface area contributed by atoms with Crippen LogP contribution in [0.25, 0.3) is 11.1 Å². The van der Waals surface area contributed by atoms with Crippen LogP contribution in [0, 0.1) is 0 Å². The van der Waals surface area contributed by atoms with Gasteiger partial charge in [0.1, 0.15) is 0 Å². The molecule has 0 bridgehead atoms. The molecule has 0 aliphatic carbocycles. The molecule has 0 aliphatic rings. The summed E-state index contributed by atoms with van der Waals surface area (Å²) in [5.41, 5.74) is 8.24. The van der Waals surface area contributed by atoms with Gasteiger partial charge in [-0.25, -0.2) is 0 Å². The van der Waals surface area contributed by atoms with Crippen LogP contribution in [-0.4, -0.2) is 18.5 Å². The fourth-order valence-electron chi connectivity index (χ4n) is 1.96. The van der Waals surface area contributed by atoms with Crippen LogP contribution in [0.3, 0.4) is 0 Å². The first-order valence-corrected chi connectivity index (χ1v) is 6.73. The third kappa shape index (κ3) is 4.76. The zero-order valence-electron chi connectivity index (χ0n) is 11.6. The van der Waals surface area contributed by atoms with Crippen molar-refractivity contribution in [3.63, 3.8) is 0 Å². The Labute approximate surface area is 123 Å². The molecular weight excluding hydrogens is 266 g/mol. The zero-order valence-corrected chi connectivity index (χ0v) is 11.6. The van der Waals surface area contributed by atoms with Crippen LogP contribution in [0.15, 0.2) is 54.6 Å². The number of primary amides is 1. The van der Waals surface area contributed by atoms with Gasteiger partial charge in [0, 0.05) is 6.42 Å². The first-order valence-electron chi connectivity index (χ1n) is 6.73. The highest BCUT2D eigenvalue weighted by molar-refractivity contribution is 5.79. The Morgan fingerprint density at radius 3 is 2.14 bits per heavy atom. The van der Waals surface area contributed by atoms with Gasteiger partial charge in [0.25, 0.3) is 5.91 Å². The zero-order chi connectivity index (χ0) is 15.1. The maximum Gasteiger partial charge on any atom is 0.306 e. The molecule has 0 saturated carbocycles. The molecule has 4 heteroatoms. The average Bonchev–Trinajstić information content (AvgIpc) is 2.52. The topological polar surface area (TPSA) is 69.4 Å². The lowest BCUT2D eigenvalue weighted by Crippen LogP contribution is -2.21. The van der Waals surface area contributed by atoms with Gasteiger partial charge in [-0.3, -0.25) is 9.59 Å². The van der Waals surface area contributed by atoms with Crippen molar-refractivity contribution in [2.75, 3.05) is 6.61 Å². The van der Waals surface area contributed by atoms with Crippen LogP contribution in [-0.2, 0) is 20.7 Å². The maximum absolute atomic E-state index is 11.4. The molecule has 0 spiro atoms. The van der Waals surface area contributed by atoms with E-state index in [1.54, 1.807) is 0 Å². The summed E-state index contributed by atoms with van der Waals surface area (Å²) in [5, 5.41) is 0. The van der Waals surface area contributed by atoms with Crippen molar-refractivity contribution < 1.29 is 14.3 Å². The number of hydrogen-bond acceptors (Lipinski definition) is 3. The minimum Gasteiger partial charge on any atom is -0.456 e. The van der Waals surface area contributed by atoms with E-state index in [0.717, 1.165) is 16.7 Å². The van der Waals surface area contributed by atoms with Crippen molar-refractivity contribution in [3.8, 4) is 11.1 Å². The number of carbonyl (C=O) groups excluding carboxylic acids is 2. The Bertz CT molecular complexity index is 606. The van der Waals surface area contributed by atoms with Crippen LogP contribution in [0.1, 0.15) is 12.0 Å². The van der Waals surface area contributed by atoms with Gasteiger partial charge >= 0.3 is 5.97 Å². The van der Waals surface area contributed by atoms with Crippen molar-refractivity contribution in [3.05, 3.63) is 60.2 Å². The summed E-state index contributed by atoms with van der Waals surface area (Å²) in [7, 11) is 0. The van der Waals surface area contributed by atoms with E-state index in [1.165, 1.54) is 0 Å². The molecule has 0 heterocycles. The number of benzene rings is 2. The number of ether oxygens (including phenoxy) is 1. The second-order valence-electron chi connectivity index (χ2n) is 4.69. The SMILES string of the molecule is NC(=O)COC(=O)CCc1ccc(-c2ccccc2)cc1. The van der Waals surface area contributed by atoms with E-state index in [1.807, 2.05) is 42.5 Å². The Morgan fingerprint density at radius 2 is 1.52 bits per heavy atom. The van der Waals surface area contributed by atoms with Crippen LogP contribution in [0.2, 0.25) is 0 Å². The largest absolute Gasteiger partial charge is 0.456 e. The van der Waals surface area contributed by atoms with Gasteiger partial charge in [-0.05, 0) is 23.1 Å². The molecule has 2 N–H and O–H groups in total. The highest BCUT2D eigenvalue weighted by Gasteiger charge is 2.05. The molecule has 21 heavy (non-hydrogen) atoms. The average molecular weight is 283 g/mol. The summed E-state index contributed by atoms with van der Waals surface area (Å²) in [6, 6.07) is 18.1. The molecule has 0 saturated heterocycles. The van der Waals surface area contributed by atoms with Crippen molar-refractivity contribution in [2.24, 2.45) is 5.73 Å². The summed E-state index contributed by atoms with van der Waals surface area (Å²) in [5.74, 6) is -1.06. The maximum atomic E-state index is 11.4. The monoisotopic (exact) mass is 283 g/mol. The van der Waals surface area contributed by atoms with E-state index in [9.17, 15) is 9.59 Å². The van der Waals surface area contributed by atoms with Crippen LogP contribution < -0.4 is 5.73 Å². The number of rotatable bonds is 6. The van der Waals surface area contributed by atoms with Gasteiger partial charge < -0.3 is 10.5 Å². The van der Waals surface area contributed by atoms with Crippen LogP contribution >= 0.6 is 0 Å². The predicted molar refractivity (Wildman–Crippen MR) is 80.4 cm³/mol. The third-order valence-electron chi connectivity index (χ3n) is 3.05. The molecule has 108 valence electrons. The fourth-order valence-corrected chi connectivity index (χ4v) is 1.96. The molecule has 0 aliphatic heterocycles. The molecule has 2 rings (SSSR count). The van der Waals surface area contributed by atoms with E-state index in [0.29, 0.717) is 6.42 Å². The number of nitrogens with two attached hydrogens (primary N) is 1. The molecule has 0 aromatic heterocycles. The Morgan fingerprint density at radius 1 is 0.905 bits per heavy atom. The Kier molecular flexibility index (Phi) is 5.10. The van der Waals surface area contributed by atoms with Crippen molar-refractivity contribution >= 4 is 11.9 Å². The molecule has 0 radical (unpaired) electrons. The molecule has 2 aromatic carbocycles. The van der Waals surface area contributed by atoms with E-state index in [-0.39, 0.29) is 13.0 Å². The van der Waals surface area contributed by atoms with Crippen molar-refractivity contribution in [2.45, 2.75) is 12.8 Å². The number of aryl methyl sites for hydroxylation is 1. The smallest absolute Gasteiger partial charge is 0.306 e. The molecule has 2 aromatic rings. The van der Waals surface area contributed by atoms with Gasteiger partial charge in [0.15, 0.2) is 6.61 Å². The minimum atomic E-state index is -0.643. The lowest BCUT2D eigenvalue weighted by molar-refractivity contribution is -0.147. The first-order chi connectivity index (χ1) is 10.1. The van der Waals surface area contributed by atoms with E-state index >= 15 is 0 Å². The van der Waals surface area contributed by atoms with Gasteiger partial charge in [-0.15, -0.1) is 0 Å². The standard InChI is InChI=1S/C17H17NO3/c18-16(19)12-21-17(20)11-8-13-6-9-15(10-7-13)14-4-2-1-3-5-14/h1-7,9-10H,8,11-12H2,(H2,18,19). The first kappa shape index (κ1) is 14.8. The summed E-state index contributed by atoms with van der Waals surface area (Å²) >= 11 is 0. The minimum absolute atomic E-state index is 0.234. The third-order valence-corrected chi connectivity index (χ3v) is 3.05.